The molecule has 170 valence electrons. The van der Waals surface area contributed by atoms with Gasteiger partial charge >= 0.3 is 18.2 Å². The van der Waals surface area contributed by atoms with Gasteiger partial charge in [-0.2, -0.15) is 0 Å². The van der Waals surface area contributed by atoms with Gasteiger partial charge in [-0.05, 0) is 54.4 Å². The highest BCUT2D eigenvalue weighted by Gasteiger charge is 2.31. The molecule has 0 aliphatic carbocycles. The SMILES string of the molecule is COC(=O)C(CCCN(NC(=O)OC(C)(C)C)C(=O)OC(C)(C)C)C(OC)OC. The largest absolute Gasteiger partial charge is 0.469 e. The van der Waals surface area contributed by atoms with E-state index in [0.717, 1.165) is 5.01 Å². The van der Waals surface area contributed by atoms with Crippen molar-refractivity contribution < 1.29 is 38.1 Å². The number of esters is 1. The van der Waals surface area contributed by atoms with Crippen LogP contribution in [0.5, 0.6) is 0 Å². The number of nitrogens with one attached hydrogen (secondary N) is 1. The lowest BCUT2D eigenvalue weighted by molar-refractivity contribution is -0.175. The van der Waals surface area contributed by atoms with Crippen molar-refractivity contribution in [2.45, 2.75) is 71.9 Å². The van der Waals surface area contributed by atoms with E-state index in [4.69, 9.17) is 23.7 Å². The van der Waals surface area contributed by atoms with Crippen molar-refractivity contribution in [1.82, 2.24) is 10.4 Å². The minimum absolute atomic E-state index is 0.0712. The topological polar surface area (TPSA) is 113 Å². The fourth-order valence-corrected chi connectivity index (χ4v) is 2.33. The highest BCUT2D eigenvalue weighted by atomic mass is 16.7. The highest BCUT2D eigenvalue weighted by molar-refractivity contribution is 5.74. The molecule has 1 atom stereocenters. The summed E-state index contributed by atoms with van der Waals surface area (Å²) < 4.78 is 25.6. The quantitative estimate of drug-likeness (QED) is 0.276. The van der Waals surface area contributed by atoms with Crippen LogP contribution in [0.3, 0.4) is 0 Å². The summed E-state index contributed by atoms with van der Waals surface area (Å²) in [5.74, 6) is -1.19. The molecule has 0 aromatic rings. The van der Waals surface area contributed by atoms with Crippen LogP contribution in [0.4, 0.5) is 9.59 Å². The predicted octanol–water partition coefficient (Wildman–Crippen LogP) is 2.85. The summed E-state index contributed by atoms with van der Waals surface area (Å²) in [6.45, 7) is 10.3. The molecule has 0 spiro atoms. The minimum Gasteiger partial charge on any atom is -0.469 e. The summed E-state index contributed by atoms with van der Waals surface area (Å²) >= 11 is 0. The molecule has 0 heterocycles. The van der Waals surface area contributed by atoms with Crippen LogP contribution in [-0.4, -0.2) is 68.5 Å². The van der Waals surface area contributed by atoms with E-state index in [9.17, 15) is 14.4 Å². The molecular weight excluding hydrogens is 384 g/mol. The number of carbonyl (C=O) groups is 3. The molecule has 1 N–H and O–H groups in total. The molecule has 10 nitrogen and oxygen atoms in total. The highest BCUT2D eigenvalue weighted by Crippen LogP contribution is 2.18. The van der Waals surface area contributed by atoms with Crippen molar-refractivity contribution in [3.05, 3.63) is 0 Å². The van der Waals surface area contributed by atoms with E-state index in [2.05, 4.69) is 5.43 Å². The summed E-state index contributed by atoms with van der Waals surface area (Å²) in [6, 6.07) is 0. The van der Waals surface area contributed by atoms with Crippen LogP contribution in [0.1, 0.15) is 54.4 Å². The van der Waals surface area contributed by atoms with Crippen molar-refractivity contribution >= 4 is 18.2 Å². The van der Waals surface area contributed by atoms with Crippen molar-refractivity contribution in [1.29, 1.82) is 0 Å². The van der Waals surface area contributed by atoms with Crippen LogP contribution in [-0.2, 0) is 28.5 Å². The molecule has 0 aliphatic heterocycles. The molecule has 1 unspecified atom stereocenters. The Morgan fingerprint density at radius 3 is 1.83 bits per heavy atom. The van der Waals surface area contributed by atoms with Gasteiger partial charge in [0.25, 0.3) is 0 Å². The first-order valence-corrected chi connectivity index (χ1v) is 9.37. The monoisotopic (exact) mass is 420 g/mol. The first kappa shape index (κ1) is 26.9. The van der Waals surface area contributed by atoms with Gasteiger partial charge in [0.05, 0.1) is 7.11 Å². The normalized spacial score (nSPS) is 12.9. The summed E-state index contributed by atoms with van der Waals surface area (Å²) in [4.78, 5) is 36.6. The maximum absolute atomic E-state index is 12.5. The maximum Gasteiger partial charge on any atom is 0.429 e. The molecule has 0 fully saturated rings. The van der Waals surface area contributed by atoms with Gasteiger partial charge in [-0.3, -0.25) is 4.79 Å². The second-order valence-electron chi connectivity index (χ2n) is 8.36. The van der Waals surface area contributed by atoms with Gasteiger partial charge in [0.15, 0.2) is 6.29 Å². The maximum atomic E-state index is 12.5. The summed E-state index contributed by atoms with van der Waals surface area (Å²) in [6.07, 6.45) is -1.71. The summed E-state index contributed by atoms with van der Waals surface area (Å²) in [5, 5.41) is 1.02. The van der Waals surface area contributed by atoms with Crippen LogP contribution in [0.15, 0.2) is 0 Å². The Morgan fingerprint density at radius 2 is 1.41 bits per heavy atom. The zero-order valence-electron chi connectivity index (χ0n) is 19.0. The van der Waals surface area contributed by atoms with Crippen molar-refractivity contribution in [2.24, 2.45) is 5.92 Å². The van der Waals surface area contributed by atoms with Crippen molar-refractivity contribution in [3.63, 3.8) is 0 Å². The third-order valence-electron chi connectivity index (χ3n) is 3.43. The Balaban J connectivity index is 5.16. The second kappa shape index (κ2) is 11.8. The molecule has 2 amide bonds. The lowest BCUT2D eigenvalue weighted by Crippen LogP contribution is -2.50. The van der Waals surface area contributed by atoms with Crippen molar-refractivity contribution in [3.8, 4) is 0 Å². The van der Waals surface area contributed by atoms with Gasteiger partial charge in [-0.25, -0.2) is 20.0 Å². The third-order valence-corrected chi connectivity index (χ3v) is 3.43. The van der Waals surface area contributed by atoms with E-state index in [-0.39, 0.29) is 13.0 Å². The number of amides is 2. The van der Waals surface area contributed by atoms with E-state index in [1.54, 1.807) is 41.5 Å². The first-order chi connectivity index (χ1) is 13.2. The number of nitrogens with zero attached hydrogens (tertiary/aromatic N) is 1. The van der Waals surface area contributed by atoms with E-state index < -0.39 is 41.6 Å². The third kappa shape index (κ3) is 11.5. The Bertz CT molecular complexity index is 535. The number of hydrazine groups is 1. The van der Waals surface area contributed by atoms with Gasteiger partial charge in [-0.1, -0.05) is 0 Å². The van der Waals surface area contributed by atoms with E-state index in [0.29, 0.717) is 6.42 Å². The summed E-state index contributed by atoms with van der Waals surface area (Å²) in [7, 11) is 4.11. The number of rotatable bonds is 8. The number of carbonyl (C=O) groups excluding carboxylic acids is 3. The molecule has 0 saturated heterocycles. The second-order valence-corrected chi connectivity index (χ2v) is 8.36. The number of methoxy groups -OCH3 is 3. The molecule has 0 aromatic carbocycles. The minimum atomic E-state index is -0.795. The van der Waals surface area contributed by atoms with E-state index in [1.165, 1.54) is 21.3 Å². The van der Waals surface area contributed by atoms with Crippen LogP contribution in [0, 0.1) is 5.92 Å². The van der Waals surface area contributed by atoms with Gasteiger partial charge in [0.2, 0.25) is 0 Å². The predicted molar refractivity (Wildman–Crippen MR) is 105 cm³/mol. The average Bonchev–Trinajstić information content (AvgIpc) is 2.56. The van der Waals surface area contributed by atoms with E-state index >= 15 is 0 Å². The van der Waals surface area contributed by atoms with Gasteiger partial charge < -0.3 is 23.7 Å². The zero-order chi connectivity index (χ0) is 22.8. The Hall–Kier alpha value is -2.07. The fraction of sp³-hybridized carbons (Fsp3) is 0.842. The standard InChI is InChI=1S/C19H36N2O8/c1-18(2,3)28-16(23)20-21(17(24)29-19(4,5)6)12-10-11-13(14(22)25-7)15(26-8)27-9/h13,15H,10-12H2,1-9H3,(H,20,23). The van der Waals surface area contributed by atoms with E-state index in [1.807, 2.05) is 0 Å². The van der Waals surface area contributed by atoms with Crippen LogP contribution in [0.25, 0.3) is 0 Å². The molecule has 0 bridgehead atoms. The Kier molecular flexibility index (Phi) is 11.0. The van der Waals surface area contributed by atoms with Crippen LogP contribution in [0.2, 0.25) is 0 Å². The Morgan fingerprint density at radius 1 is 0.897 bits per heavy atom. The molecule has 0 radical (unpaired) electrons. The molecular formula is C19H36N2O8. The van der Waals surface area contributed by atoms with Gasteiger partial charge in [0.1, 0.15) is 17.1 Å². The number of hydrogen-bond donors (Lipinski definition) is 1. The van der Waals surface area contributed by atoms with Crippen molar-refractivity contribution in [2.75, 3.05) is 27.9 Å². The van der Waals surface area contributed by atoms with Crippen LogP contribution >= 0.6 is 0 Å². The lowest BCUT2D eigenvalue weighted by atomic mass is 10.0. The smallest absolute Gasteiger partial charge is 0.429 e. The Labute approximate surface area is 173 Å². The molecule has 29 heavy (non-hydrogen) atoms. The molecule has 0 aliphatic rings. The first-order valence-electron chi connectivity index (χ1n) is 9.37. The fourth-order valence-electron chi connectivity index (χ4n) is 2.33. The molecule has 0 saturated carbocycles. The zero-order valence-corrected chi connectivity index (χ0v) is 19.0. The lowest BCUT2D eigenvalue weighted by Gasteiger charge is -2.29. The molecule has 0 aromatic heterocycles. The summed E-state index contributed by atoms with van der Waals surface area (Å²) in [5.41, 5.74) is 0.903. The van der Waals surface area contributed by atoms with Crippen LogP contribution < -0.4 is 5.43 Å². The van der Waals surface area contributed by atoms with Gasteiger partial charge in [-0.15, -0.1) is 0 Å². The molecule has 0 rings (SSSR count). The number of hydrogen-bond acceptors (Lipinski definition) is 8. The average molecular weight is 421 g/mol. The molecule has 10 heteroatoms. The number of ether oxygens (including phenoxy) is 5. The van der Waals surface area contributed by atoms with Gasteiger partial charge in [0, 0.05) is 20.8 Å².